The zero-order valence-electron chi connectivity index (χ0n) is 20.6. The molecule has 0 unspecified atom stereocenters. The van der Waals surface area contributed by atoms with Crippen LogP contribution in [0, 0.1) is 10.1 Å². The number of anilines is 2. The molecule has 2 aromatic rings. The fourth-order valence-corrected chi connectivity index (χ4v) is 5.12. The summed E-state index contributed by atoms with van der Waals surface area (Å²) in [5.74, 6) is -0.559. The van der Waals surface area contributed by atoms with Crippen LogP contribution < -0.4 is 11.1 Å². The Kier molecular flexibility index (Phi) is 10.1. The second kappa shape index (κ2) is 12.3. The molecule has 0 amide bonds. The van der Waals surface area contributed by atoms with Gasteiger partial charge in [-0.05, 0) is 45.0 Å². The Hall–Kier alpha value is -2.93. The third-order valence-electron chi connectivity index (χ3n) is 4.85. The lowest BCUT2D eigenvalue weighted by atomic mass is 10.1. The average molecular weight is 543 g/mol. The van der Waals surface area contributed by atoms with Gasteiger partial charge in [0.05, 0.1) is 34.7 Å². The molecule has 36 heavy (non-hydrogen) atoms. The maximum atomic E-state index is 13.5. The highest BCUT2D eigenvalue weighted by Gasteiger charge is 2.33. The number of nitro benzene ring substituents is 1. The zero-order chi connectivity index (χ0) is 27.1. The molecular formula is C23H31ClN4O7S. The molecule has 0 aliphatic rings. The maximum Gasteiger partial charge on any atom is 0.308 e. The van der Waals surface area contributed by atoms with Gasteiger partial charge in [-0.25, -0.2) is 8.42 Å². The number of benzene rings is 2. The number of nitro groups is 1. The average Bonchev–Trinajstić information content (AvgIpc) is 2.77. The standard InChI is InChI=1S/C23H31ClN4O7S/c1-23(2,3)35-22(29)14-17(26-16-9-10-19(25)18(24)13-16)15-27(11-12-34-4)36(32,33)21-8-6-5-7-20(21)28(30)31/h5-10,13,17,26H,11-12,14-15,25H2,1-4H3/t17-/m0/s1. The van der Waals surface area contributed by atoms with Crippen LogP contribution in [0.1, 0.15) is 27.2 Å². The van der Waals surface area contributed by atoms with E-state index in [9.17, 15) is 23.3 Å². The first-order valence-corrected chi connectivity index (χ1v) is 12.8. The lowest BCUT2D eigenvalue weighted by Crippen LogP contribution is -2.43. The summed E-state index contributed by atoms with van der Waals surface area (Å²) in [6, 6.07) is 9.05. The van der Waals surface area contributed by atoms with Crippen molar-refractivity contribution < 1.29 is 27.6 Å². The largest absolute Gasteiger partial charge is 0.460 e. The number of nitrogens with two attached hydrogens (primary N) is 1. The molecule has 0 heterocycles. The topological polar surface area (TPSA) is 154 Å². The summed E-state index contributed by atoms with van der Waals surface area (Å²) in [4.78, 5) is 22.9. The Morgan fingerprint density at radius 3 is 2.50 bits per heavy atom. The summed E-state index contributed by atoms with van der Waals surface area (Å²) in [6.07, 6.45) is -0.199. The van der Waals surface area contributed by atoms with Crippen LogP contribution in [0.5, 0.6) is 0 Å². The minimum absolute atomic E-state index is 0.0206. The van der Waals surface area contributed by atoms with Crippen LogP contribution in [0.3, 0.4) is 0 Å². The minimum Gasteiger partial charge on any atom is -0.460 e. The van der Waals surface area contributed by atoms with E-state index in [2.05, 4.69) is 5.32 Å². The van der Waals surface area contributed by atoms with Crippen molar-refractivity contribution in [3.63, 3.8) is 0 Å². The number of hydrogen-bond donors (Lipinski definition) is 2. The van der Waals surface area contributed by atoms with E-state index in [0.29, 0.717) is 11.4 Å². The van der Waals surface area contributed by atoms with Gasteiger partial charge in [-0.1, -0.05) is 23.7 Å². The third-order valence-corrected chi connectivity index (χ3v) is 7.09. The predicted molar refractivity (Wildman–Crippen MR) is 137 cm³/mol. The van der Waals surface area contributed by atoms with E-state index in [-0.39, 0.29) is 31.1 Å². The number of sulfonamides is 1. The Morgan fingerprint density at radius 1 is 1.25 bits per heavy atom. The first kappa shape index (κ1) is 29.3. The second-order valence-electron chi connectivity index (χ2n) is 8.95. The lowest BCUT2D eigenvalue weighted by Gasteiger charge is -2.29. The highest BCUT2D eigenvalue weighted by atomic mass is 35.5. The van der Waals surface area contributed by atoms with Crippen molar-refractivity contribution >= 4 is 44.7 Å². The molecule has 2 rings (SSSR count). The number of esters is 1. The lowest BCUT2D eigenvalue weighted by molar-refractivity contribution is -0.387. The summed E-state index contributed by atoms with van der Waals surface area (Å²) >= 11 is 6.12. The Balaban J connectivity index is 2.45. The van der Waals surface area contributed by atoms with E-state index in [1.54, 1.807) is 39.0 Å². The van der Waals surface area contributed by atoms with Gasteiger partial charge < -0.3 is 20.5 Å². The normalized spacial score (nSPS) is 12.8. The van der Waals surface area contributed by atoms with Gasteiger partial charge in [0.2, 0.25) is 10.0 Å². The monoisotopic (exact) mass is 542 g/mol. The SMILES string of the molecule is COCCN(C[C@H](CC(=O)OC(C)(C)C)Nc1ccc(N)c(Cl)c1)S(=O)(=O)c1ccccc1[N+](=O)[O-]. The number of ether oxygens (including phenoxy) is 2. The van der Waals surface area contributed by atoms with Crippen molar-refractivity contribution in [2.24, 2.45) is 0 Å². The molecule has 0 spiro atoms. The van der Waals surface area contributed by atoms with E-state index in [1.807, 2.05) is 0 Å². The van der Waals surface area contributed by atoms with Crippen LogP contribution in [-0.2, 0) is 24.3 Å². The van der Waals surface area contributed by atoms with Crippen LogP contribution in [0.2, 0.25) is 5.02 Å². The zero-order valence-corrected chi connectivity index (χ0v) is 22.1. The van der Waals surface area contributed by atoms with E-state index in [1.165, 1.54) is 25.3 Å². The van der Waals surface area contributed by atoms with Gasteiger partial charge in [0.25, 0.3) is 5.69 Å². The van der Waals surface area contributed by atoms with Crippen LogP contribution in [0.25, 0.3) is 0 Å². The van der Waals surface area contributed by atoms with Gasteiger partial charge >= 0.3 is 5.97 Å². The number of para-hydroxylation sites is 1. The summed E-state index contributed by atoms with van der Waals surface area (Å²) in [7, 11) is -2.94. The quantitative estimate of drug-likeness (QED) is 0.177. The molecule has 0 aliphatic heterocycles. The number of methoxy groups -OCH3 is 1. The van der Waals surface area contributed by atoms with Gasteiger partial charge in [-0.3, -0.25) is 14.9 Å². The minimum atomic E-state index is -4.35. The van der Waals surface area contributed by atoms with Crippen molar-refractivity contribution in [1.29, 1.82) is 0 Å². The molecular weight excluding hydrogens is 512 g/mol. The molecule has 0 bridgehead atoms. The third kappa shape index (κ3) is 8.33. The predicted octanol–water partition coefficient (Wildman–Crippen LogP) is 3.68. The molecule has 13 heteroatoms. The molecule has 198 valence electrons. The fraction of sp³-hybridized carbons (Fsp3) is 0.435. The number of hydrogen-bond acceptors (Lipinski definition) is 9. The highest BCUT2D eigenvalue weighted by Crippen LogP contribution is 2.28. The molecule has 11 nitrogen and oxygen atoms in total. The number of halogens is 1. The van der Waals surface area contributed by atoms with E-state index in [0.717, 1.165) is 10.4 Å². The van der Waals surface area contributed by atoms with Crippen LogP contribution in [-0.4, -0.2) is 62.1 Å². The van der Waals surface area contributed by atoms with E-state index >= 15 is 0 Å². The number of nitrogens with one attached hydrogen (secondary N) is 1. The Labute approximate surface area is 215 Å². The molecule has 2 aromatic carbocycles. The van der Waals surface area contributed by atoms with Gasteiger partial charge in [-0.2, -0.15) is 4.31 Å². The van der Waals surface area contributed by atoms with Crippen molar-refractivity contribution in [3.05, 3.63) is 57.6 Å². The molecule has 0 saturated carbocycles. The number of nitrogens with zero attached hydrogens (tertiary/aromatic N) is 2. The number of rotatable bonds is 12. The van der Waals surface area contributed by atoms with Crippen LogP contribution >= 0.6 is 11.6 Å². The number of nitrogen functional groups attached to an aromatic ring is 1. The summed E-state index contributed by atoms with van der Waals surface area (Å²) in [5.41, 5.74) is 5.32. The van der Waals surface area contributed by atoms with Crippen LogP contribution in [0.4, 0.5) is 17.1 Å². The first-order chi connectivity index (χ1) is 16.7. The first-order valence-electron chi connectivity index (χ1n) is 11.0. The second-order valence-corrected chi connectivity index (χ2v) is 11.3. The molecule has 0 aliphatic carbocycles. The summed E-state index contributed by atoms with van der Waals surface area (Å²) in [6.45, 7) is 4.84. The van der Waals surface area contributed by atoms with E-state index < -0.39 is 43.1 Å². The Bertz CT molecular complexity index is 1190. The van der Waals surface area contributed by atoms with Crippen LogP contribution in [0.15, 0.2) is 47.4 Å². The molecule has 0 saturated heterocycles. The molecule has 0 fully saturated rings. The van der Waals surface area contributed by atoms with Gasteiger partial charge in [0.15, 0.2) is 4.90 Å². The summed E-state index contributed by atoms with van der Waals surface area (Å²) < 4.78 is 38.6. The number of carbonyl (C=O) groups is 1. The summed E-state index contributed by atoms with van der Waals surface area (Å²) in [5, 5.41) is 14.9. The van der Waals surface area contributed by atoms with Crippen molar-refractivity contribution in [1.82, 2.24) is 4.31 Å². The van der Waals surface area contributed by atoms with Crippen molar-refractivity contribution in [3.8, 4) is 0 Å². The molecule has 1 atom stereocenters. The fourth-order valence-electron chi connectivity index (χ4n) is 3.31. The smallest absolute Gasteiger partial charge is 0.308 e. The molecule has 3 N–H and O–H groups in total. The van der Waals surface area contributed by atoms with Crippen molar-refractivity contribution in [2.45, 2.75) is 43.7 Å². The van der Waals surface area contributed by atoms with Gasteiger partial charge in [0.1, 0.15) is 5.60 Å². The maximum absolute atomic E-state index is 13.5. The Morgan fingerprint density at radius 2 is 1.92 bits per heavy atom. The van der Waals surface area contributed by atoms with Gasteiger partial charge in [-0.15, -0.1) is 0 Å². The molecule has 0 radical (unpaired) electrons. The van der Waals surface area contributed by atoms with Gasteiger partial charge in [0, 0.05) is 32.0 Å². The van der Waals surface area contributed by atoms with Crippen molar-refractivity contribution in [2.75, 3.05) is 37.9 Å². The molecule has 0 aromatic heterocycles. The highest BCUT2D eigenvalue weighted by molar-refractivity contribution is 7.89. The van der Waals surface area contributed by atoms with E-state index in [4.69, 9.17) is 26.8 Å². The number of carbonyl (C=O) groups excluding carboxylic acids is 1.